The smallest absolute Gasteiger partial charge is 0.341 e. The number of hydrogen-bond acceptors (Lipinski definition) is 5. The van der Waals surface area contributed by atoms with Crippen molar-refractivity contribution in [1.82, 2.24) is 4.98 Å². The number of alkyl halides is 2. The van der Waals surface area contributed by atoms with Gasteiger partial charge in [0.25, 0.3) is 6.43 Å². The molecular formula is C8H9F2N3O2. The number of rotatable bonds is 2. The fourth-order valence-corrected chi connectivity index (χ4v) is 1.01. The lowest BCUT2D eigenvalue weighted by Gasteiger charge is -2.08. The van der Waals surface area contributed by atoms with Crippen LogP contribution in [0.2, 0.25) is 0 Å². The minimum atomic E-state index is -2.83. The van der Waals surface area contributed by atoms with Crippen molar-refractivity contribution in [2.75, 3.05) is 18.6 Å². The van der Waals surface area contributed by atoms with Crippen LogP contribution >= 0.6 is 0 Å². The fraction of sp³-hybridized carbons (Fsp3) is 0.250. The lowest BCUT2D eigenvalue weighted by Crippen LogP contribution is -2.11. The third-order valence-electron chi connectivity index (χ3n) is 1.72. The maximum atomic E-state index is 12.3. The van der Waals surface area contributed by atoms with Crippen molar-refractivity contribution in [2.45, 2.75) is 6.43 Å². The van der Waals surface area contributed by atoms with E-state index in [4.69, 9.17) is 11.5 Å². The van der Waals surface area contributed by atoms with E-state index in [0.717, 1.165) is 13.2 Å². The number of hydrogen-bond donors (Lipinski definition) is 2. The summed E-state index contributed by atoms with van der Waals surface area (Å²) in [5.74, 6) is -1.10. The number of ether oxygens (including phenoxy) is 1. The number of pyridine rings is 1. The summed E-state index contributed by atoms with van der Waals surface area (Å²) in [6, 6.07) is 1.02. The molecular weight excluding hydrogens is 208 g/mol. The average molecular weight is 217 g/mol. The molecule has 0 aliphatic rings. The van der Waals surface area contributed by atoms with Gasteiger partial charge in [-0.2, -0.15) is 0 Å². The van der Waals surface area contributed by atoms with Gasteiger partial charge in [-0.15, -0.1) is 0 Å². The number of nitrogen functional groups attached to an aromatic ring is 2. The highest BCUT2D eigenvalue weighted by atomic mass is 19.3. The van der Waals surface area contributed by atoms with Crippen LogP contribution in [0, 0.1) is 0 Å². The first kappa shape index (κ1) is 11.2. The van der Waals surface area contributed by atoms with E-state index in [-0.39, 0.29) is 17.1 Å². The summed E-state index contributed by atoms with van der Waals surface area (Å²) in [6.45, 7) is 0. The highest BCUT2D eigenvalue weighted by molar-refractivity contribution is 5.95. The highest BCUT2D eigenvalue weighted by Gasteiger charge is 2.19. The number of halogens is 2. The fourth-order valence-electron chi connectivity index (χ4n) is 1.01. The van der Waals surface area contributed by atoms with Gasteiger partial charge < -0.3 is 16.2 Å². The molecule has 0 aromatic carbocycles. The molecule has 0 spiro atoms. The number of nitrogens with zero attached hydrogens (tertiary/aromatic N) is 1. The minimum Gasteiger partial charge on any atom is -0.465 e. The molecule has 0 fully saturated rings. The Morgan fingerprint density at radius 1 is 1.53 bits per heavy atom. The van der Waals surface area contributed by atoms with E-state index in [9.17, 15) is 13.6 Å². The van der Waals surface area contributed by atoms with Crippen LogP contribution in [0.5, 0.6) is 0 Å². The number of esters is 1. The largest absolute Gasteiger partial charge is 0.465 e. The van der Waals surface area contributed by atoms with Crippen LogP contribution in [0.3, 0.4) is 0 Å². The van der Waals surface area contributed by atoms with Gasteiger partial charge in [0, 0.05) is 0 Å². The zero-order valence-electron chi connectivity index (χ0n) is 7.83. The summed E-state index contributed by atoms with van der Waals surface area (Å²) in [6.07, 6.45) is -2.83. The van der Waals surface area contributed by atoms with Crippen LogP contribution in [-0.4, -0.2) is 18.1 Å². The van der Waals surface area contributed by atoms with Crippen molar-refractivity contribution in [3.05, 3.63) is 17.3 Å². The van der Waals surface area contributed by atoms with E-state index in [1.54, 1.807) is 0 Å². The topological polar surface area (TPSA) is 91.2 Å². The van der Waals surface area contributed by atoms with Gasteiger partial charge in [-0.3, -0.25) is 0 Å². The maximum absolute atomic E-state index is 12.3. The van der Waals surface area contributed by atoms with Crippen molar-refractivity contribution >= 4 is 17.5 Å². The summed E-state index contributed by atoms with van der Waals surface area (Å²) in [5.41, 5.74) is 9.53. The number of anilines is 2. The standard InChI is InChI=1S/C8H9F2N3O2/c1-15-8(14)3-2-4(11)5(6(9)10)13-7(3)12/h2,6H,11H2,1H3,(H2,12,13). The Balaban J connectivity index is 3.25. The van der Waals surface area contributed by atoms with Crippen molar-refractivity contribution in [2.24, 2.45) is 0 Å². The SMILES string of the molecule is COC(=O)c1cc(N)c(C(F)F)nc1N. The van der Waals surface area contributed by atoms with Crippen LogP contribution in [-0.2, 0) is 4.74 Å². The second kappa shape index (κ2) is 4.07. The van der Waals surface area contributed by atoms with Crippen molar-refractivity contribution in [1.29, 1.82) is 0 Å². The van der Waals surface area contributed by atoms with Gasteiger partial charge in [0.15, 0.2) is 0 Å². The average Bonchev–Trinajstić information content (AvgIpc) is 2.19. The molecule has 1 rings (SSSR count). The molecule has 5 nitrogen and oxygen atoms in total. The first-order chi connectivity index (χ1) is 6.97. The lowest BCUT2D eigenvalue weighted by atomic mass is 10.2. The second-order valence-electron chi connectivity index (χ2n) is 2.69. The van der Waals surface area contributed by atoms with E-state index in [0.29, 0.717) is 0 Å². The molecule has 15 heavy (non-hydrogen) atoms. The first-order valence-electron chi connectivity index (χ1n) is 3.89. The van der Waals surface area contributed by atoms with Crippen LogP contribution < -0.4 is 11.5 Å². The van der Waals surface area contributed by atoms with E-state index in [1.807, 2.05) is 0 Å². The van der Waals surface area contributed by atoms with E-state index >= 15 is 0 Å². The predicted molar refractivity (Wildman–Crippen MR) is 49.4 cm³/mol. The summed E-state index contributed by atoms with van der Waals surface area (Å²) in [4.78, 5) is 14.4. The van der Waals surface area contributed by atoms with Crippen LogP contribution in [0.15, 0.2) is 6.07 Å². The van der Waals surface area contributed by atoms with Crippen LogP contribution in [0.1, 0.15) is 22.5 Å². The van der Waals surface area contributed by atoms with Crippen molar-refractivity contribution < 1.29 is 18.3 Å². The molecule has 0 amide bonds. The van der Waals surface area contributed by atoms with Crippen LogP contribution in [0.4, 0.5) is 20.3 Å². The highest BCUT2D eigenvalue weighted by Crippen LogP contribution is 2.26. The third kappa shape index (κ3) is 2.12. The minimum absolute atomic E-state index is 0.126. The molecule has 82 valence electrons. The Bertz CT molecular complexity index is 396. The van der Waals surface area contributed by atoms with Gasteiger partial charge in [0.05, 0.1) is 12.8 Å². The Morgan fingerprint density at radius 2 is 2.13 bits per heavy atom. The quantitative estimate of drug-likeness (QED) is 0.720. The monoisotopic (exact) mass is 217 g/mol. The van der Waals surface area contributed by atoms with Crippen LogP contribution in [0.25, 0.3) is 0 Å². The van der Waals surface area contributed by atoms with Gasteiger partial charge in [-0.25, -0.2) is 18.6 Å². The summed E-state index contributed by atoms with van der Waals surface area (Å²) in [7, 11) is 1.14. The molecule has 0 radical (unpaired) electrons. The Labute approximate surface area is 84.0 Å². The van der Waals surface area contributed by atoms with Gasteiger partial charge in [-0.1, -0.05) is 0 Å². The summed E-state index contributed by atoms with van der Waals surface area (Å²) < 4.78 is 29.0. The maximum Gasteiger partial charge on any atom is 0.341 e. The third-order valence-corrected chi connectivity index (χ3v) is 1.72. The number of aromatic nitrogens is 1. The predicted octanol–water partition coefficient (Wildman–Crippen LogP) is 0.970. The molecule has 7 heteroatoms. The zero-order valence-corrected chi connectivity index (χ0v) is 7.83. The molecule has 0 aliphatic carbocycles. The zero-order chi connectivity index (χ0) is 11.6. The molecule has 0 saturated heterocycles. The molecule has 0 saturated carbocycles. The molecule has 1 aromatic rings. The van der Waals surface area contributed by atoms with Gasteiger partial charge in [0.1, 0.15) is 17.1 Å². The van der Waals surface area contributed by atoms with Gasteiger partial charge in [0.2, 0.25) is 0 Å². The first-order valence-corrected chi connectivity index (χ1v) is 3.89. The van der Waals surface area contributed by atoms with Gasteiger partial charge in [-0.05, 0) is 6.07 Å². The molecule has 0 bridgehead atoms. The number of carbonyl (C=O) groups is 1. The number of nitrogens with two attached hydrogens (primary N) is 2. The second-order valence-corrected chi connectivity index (χ2v) is 2.69. The van der Waals surface area contributed by atoms with E-state index < -0.39 is 18.1 Å². The summed E-state index contributed by atoms with van der Waals surface area (Å²) in [5, 5.41) is 0. The van der Waals surface area contributed by atoms with Gasteiger partial charge >= 0.3 is 5.97 Å². The van der Waals surface area contributed by atoms with E-state index in [2.05, 4.69) is 9.72 Å². The molecule has 0 unspecified atom stereocenters. The number of methoxy groups -OCH3 is 1. The molecule has 1 heterocycles. The molecule has 0 aliphatic heterocycles. The number of carbonyl (C=O) groups excluding carboxylic acids is 1. The summed E-state index contributed by atoms with van der Waals surface area (Å²) >= 11 is 0. The Hall–Kier alpha value is -1.92. The normalized spacial score (nSPS) is 10.4. The Kier molecular flexibility index (Phi) is 3.03. The molecule has 4 N–H and O–H groups in total. The van der Waals surface area contributed by atoms with Crippen molar-refractivity contribution in [3.8, 4) is 0 Å². The van der Waals surface area contributed by atoms with E-state index in [1.165, 1.54) is 0 Å². The lowest BCUT2D eigenvalue weighted by molar-refractivity contribution is 0.0601. The molecule has 0 atom stereocenters. The Morgan fingerprint density at radius 3 is 2.60 bits per heavy atom. The molecule has 1 aromatic heterocycles. The van der Waals surface area contributed by atoms with Crippen molar-refractivity contribution in [3.63, 3.8) is 0 Å².